The molecule has 0 heterocycles. The van der Waals surface area contributed by atoms with Crippen molar-refractivity contribution in [3.63, 3.8) is 0 Å². The summed E-state index contributed by atoms with van der Waals surface area (Å²) in [6.07, 6.45) is 1.58. The highest BCUT2D eigenvalue weighted by molar-refractivity contribution is 7.80. The van der Waals surface area contributed by atoms with Crippen LogP contribution >= 0.6 is 12.2 Å². The van der Waals surface area contributed by atoms with E-state index in [1.807, 2.05) is 32.9 Å². The van der Waals surface area contributed by atoms with Crippen molar-refractivity contribution < 1.29 is 9.84 Å². The van der Waals surface area contributed by atoms with Crippen molar-refractivity contribution in [2.24, 2.45) is 5.10 Å². The number of phenols is 1. The van der Waals surface area contributed by atoms with Crippen LogP contribution in [0.1, 0.15) is 37.8 Å². The standard InChI is InChI=1S/C16H25N3O2S/c1-4-14(13-11-12(3)7-8-15(13)20)18-19-16(22)17-9-6-10-21-5-2/h7-8,11,20H,4-6,9-10H2,1-3H3,(H2,17,19,22)/b18-14+. The first kappa shape index (κ1) is 18.4. The predicted octanol–water partition coefficient (Wildman–Crippen LogP) is 2.71. The minimum Gasteiger partial charge on any atom is -0.507 e. The molecule has 0 aliphatic carbocycles. The highest BCUT2D eigenvalue weighted by Gasteiger charge is 2.08. The van der Waals surface area contributed by atoms with Crippen LogP contribution in [0.4, 0.5) is 0 Å². The smallest absolute Gasteiger partial charge is 0.186 e. The highest BCUT2D eigenvalue weighted by Crippen LogP contribution is 2.20. The summed E-state index contributed by atoms with van der Waals surface area (Å²) in [5.74, 6) is 0.226. The van der Waals surface area contributed by atoms with Crippen LogP contribution < -0.4 is 10.7 Å². The lowest BCUT2D eigenvalue weighted by Crippen LogP contribution is -2.33. The lowest BCUT2D eigenvalue weighted by molar-refractivity contribution is 0.145. The Hall–Kier alpha value is -1.66. The summed E-state index contributed by atoms with van der Waals surface area (Å²) in [5.41, 5.74) is 5.39. The van der Waals surface area contributed by atoms with E-state index in [9.17, 15) is 5.11 Å². The Morgan fingerprint density at radius 2 is 2.14 bits per heavy atom. The lowest BCUT2D eigenvalue weighted by Gasteiger charge is -2.10. The number of hydrogen-bond acceptors (Lipinski definition) is 4. The molecule has 0 aliphatic rings. The lowest BCUT2D eigenvalue weighted by atomic mass is 10.0. The van der Waals surface area contributed by atoms with Crippen molar-refractivity contribution in [1.29, 1.82) is 0 Å². The molecule has 0 atom stereocenters. The molecule has 1 aromatic rings. The quantitative estimate of drug-likeness (QED) is 0.297. The molecule has 6 heteroatoms. The topological polar surface area (TPSA) is 65.9 Å². The monoisotopic (exact) mass is 323 g/mol. The van der Waals surface area contributed by atoms with Gasteiger partial charge in [-0.25, -0.2) is 0 Å². The van der Waals surface area contributed by atoms with E-state index in [-0.39, 0.29) is 5.75 Å². The molecule has 0 spiro atoms. The van der Waals surface area contributed by atoms with E-state index in [4.69, 9.17) is 17.0 Å². The number of hydrazone groups is 1. The summed E-state index contributed by atoms with van der Waals surface area (Å²) in [6.45, 7) is 8.12. The van der Waals surface area contributed by atoms with E-state index >= 15 is 0 Å². The second-order valence-corrected chi connectivity index (χ2v) is 5.26. The summed E-state index contributed by atoms with van der Waals surface area (Å²) in [6, 6.07) is 5.46. The minimum atomic E-state index is 0.226. The molecule has 0 amide bonds. The molecule has 0 radical (unpaired) electrons. The number of nitrogens with zero attached hydrogens (tertiary/aromatic N) is 1. The molecule has 22 heavy (non-hydrogen) atoms. The Morgan fingerprint density at radius 1 is 1.36 bits per heavy atom. The van der Waals surface area contributed by atoms with E-state index in [1.165, 1.54) is 0 Å². The van der Waals surface area contributed by atoms with Crippen LogP contribution in [-0.2, 0) is 4.74 Å². The molecule has 122 valence electrons. The Balaban J connectivity index is 2.54. The van der Waals surface area contributed by atoms with E-state index < -0.39 is 0 Å². The Morgan fingerprint density at radius 3 is 2.82 bits per heavy atom. The van der Waals surface area contributed by atoms with E-state index in [2.05, 4.69) is 15.8 Å². The van der Waals surface area contributed by atoms with E-state index in [0.717, 1.165) is 36.4 Å². The third kappa shape index (κ3) is 6.41. The van der Waals surface area contributed by atoms with Gasteiger partial charge in [-0.1, -0.05) is 18.6 Å². The van der Waals surface area contributed by atoms with Crippen molar-refractivity contribution >= 4 is 23.0 Å². The number of aryl methyl sites for hydroxylation is 1. The first-order valence-electron chi connectivity index (χ1n) is 7.56. The molecule has 1 aromatic carbocycles. The number of benzene rings is 1. The molecule has 0 aliphatic heterocycles. The first-order chi connectivity index (χ1) is 10.6. The number of ether oxygens (including phenoxy) is 1. The van der Waals surface area contributed by atoms with Crippen LogP contribution in [0.25, 0.3) is 0 Å². The third-order valence-electron chi connectivity index (χ3n) is 3.05. The molecular formula is C16H25N3O2S. The fraction of sp³-hybridized carbons (Fsp3) is 0.500. The van der Waals surface area contributed by atoms with Gasteiger partial charge in [0.1, 0.15) is 5.75 Å². The zero-order valence-electron chi connectivity index (χ0n) is 13.5. The number of thiocarbonyl (C=S) groups is 1. The first-order valence-corrected chi connectivity index (χ1v) is 7.97. The van der Waals surface area contributed by atoms with Crippen LogP contribution in [-0.4, -0.2) is 35.7 Å². The van der Waals surface area contributed by atoms with Crippen molar-refractivity contribution in [1.82, 2.24) is 10.7 Å². The van der Waals surface area contributed by atoms with Gasteiger partial charge in [-0.15, -0.1) is 0 Å². The Labute approximate surface area is 137 Å². The largest absolute Gasteiger partial charge is 0.507 e. The summed E-state index contributed by atoms with van der Waals surface area (Å²) < 4.78 is 5.25. The Bertz CT molecular complexity index is 518. The maximum Gasteiger partial charge on any atom is 0.186 e. The van der Waals surface area contributed by atoms with Crippen molar-refractivity contribution in [2.75, 3.05) is 19.8 Å². The van der Waals surface area contributed by atoms with Gasteiger partial charge in [0.15, 0.2) is 5.11 Å². The summed E-state index contributed by atoms with van der Waals surface area (Å²) in [5, 5.41) is 17.8. The van der Waals surface area contributed by atoms with Crippen LogP contribution in [0.15, 0.2) is 23.3 Å². The number of rotatable bonds is 8. The number of hydrogen-bond donors (Lipinski definition) is 3. The van der Waals surface area contributed by atoms with Gasteiger partial charge in [-0.3, -0.25) is 5.43 Å². The molecule has 0 aromatic heterocycles. The van der Waals surface area contributed by atoms with Gasteiger partial charge in [0.05, 0.1) is 5.71 Å². The molecule has 1 rings (SSSR count). The summed E-state index contributed by atoms with van der Waals surface area (Å²) in [7, 11) is 0. The second-order valence-electron chi connectivity index (χ2n) is 4.85. The molecule has 0 bridgehead atoms. The normalized spacial score (nSPS) is 11.3. The van der Waals surface area contributed by atoms with Crippen LogP contribution in [0.5, 0.6) is 5.75 Å². The summed E-state index contributed by atoms with van der Waals surface area (Å²) >= 11 is 5.17. The van der Waals surface area contributed by atoms with Gasteiger partial charge in [-0.2, -0.15) is 5.10 Å². The SMILES string of the molecule is CCOCCCNC(=S)N/N=C(\CC)c1cc(C)ccc1O. The number of phenolic OH excluding ortho intramolecular Hbond substituents is 1. The zero-order chi connectivity index (χ0) is 16.4. The van der Waals surface area contributed by atoms with Crippen molar-refractivity contribution in [3.05, 3.63) is 29.3 Å². The minimum absolute atomic E-state index is 0.226. The molecule has 0 saturated carbocycles. The van der Waals surface area contributed by atoms with E-state index in [1.54, 1.807) is 6.07 Å². The highest BCUT2D eigenvalue weighted by atomic mass is 32.1. The fourth-order valence-corrected chi connectivity index (χ4v) is 2.04. The van der Waals surface area contributed by atoms with Crippen LogP contribution in [0.3, 0.4) is 0 Å². The predicted molar refractivity (Wildman–Crippen MR) is 94.5 cm³/mol. The fourth-order valence-electron chi connectivity index (χ4n) is 1.89. The van der Waals surface area contributed by atoms with Crippen molar-refractivity contribution in [3.8, 4) is 5.75 Å². The van der Waals surface area contributed by atoms with Gasteiger partial charge in [0, 0.05) is 25.3 Å². The second kappa shape index (κ2) is 10.1. The van der Waals surface area contributed by atoms with Crippen LogP contribution in [0, 0.1) is 6.92 Å². The van der Waals surface area contributed by atoms with Crippen LogP contribution in [0.2, 0.25) is 0 Å². The number of aromatic hydroxyl groups is 1. The molecule has 5 nitrogen and oxygen atoms in total. The zero-order valence-corrected chi connectivity index (χ0v) is 14.3. The average molecular weight is 323 g/mol. The van der Waals surface area contributed by atoms with Gasteiger partial charge >= 0.3 is 0 Å². The molecule has 0 unspecified atom stereocenters. The van der Waals surface area contributed by atoms with Gasteiger partial charge < -0.3 is 15.2 Å². The molecular weight excluding hydrogens is 298 g/mol. The number of nitrogens with one attached hydrogen (secondary N) is 2. The van der Waals surface area contributed by atoms with Crippen molar-refractivity contribution in [2.45, 2.75) is 33.6 Å². The maximum atomic E-state index is 9.95. The third-order valence-corrected chi connectivity index (χ3v) is 3.28. The Kier molecular flexibility index (Phi) is 8.47. The molecule has 0 saturated heterocycles. The molecule has 3 N–H and O–H groups in total. The van der Waals surface area contributed by atoms with E-state index in [0.29, 0.717) is 18.1 Å². The molecule has 0 fully saturated rings. The maximum absolute atomic E-state index is 9.95. The van der Waals surface area contributed by atoms with Gasteiger partial charge in [0.25, 0.3) is 0 Å². The van der Waals surface area contributed by atoms with Gasteiger partial charge in [-0.05, 0) is 51.0 Å². The van der Waals surface area contributed by atoms with Gasteiger partial charge in [0.2, 0.25) is 0 Å². The summed E-state index contributed by atoms with van der Waals surface area (Å²) in [4.78, 5) is 0. The average Bonchev–Trinajstić information content (AvgIpc) is 2.51.